The molecule has 0 saturated carbocycles. The van der Waals surface area contributed by atoms with E-state index in [1.165, 1.54) is 0 Å². The Morgan fingerprint density at radius 3 is 2.76 bits per heavy atom. The Bertz CT molecular complexity index is 1120. The number of fused-ring (bicyclic) bond motifs is 1. The second-order valence-corrected chi connectivity index (χ2v) is 6.76. The number of carbonyl (C=O) groups excluding carboxylic acids is 3. The van der Waals surface area contributed by atoms with Gasteiger partial charge in [-0.15, -0.1) is 0 Å². The molecule has 3 N–H and O–H groups in total. The molecular formula is C21H19N3O5. The topological polar surface area (TPSA) is 115 Å². The van der Waals surface area contributed by atoms with Crippen molar-refractivity contribution in [2.75, 3.05) is 23.9 Å². The Labute approximate surface area is 166 Å². The van der Waals surface area contributed by atoms with E-state index in [9.17, 15) is 14.4 Å². The second kappa shape index (κ2) is 7.31. The minimum atomic E-state index is -0.781. The largest absolute Gasteiger partial charge is 0.497 e. The van der Waals surface area contributed by atoms with Gasteiger partial charge in [-0.3, -0.25) is 14.4 Å². The molecule has 8 nitrogen and oxygen atoms in total. The van der Waals surface area contributed by atoms with Crippen LogP contribution in [0.15, 0.2) is 52.9 Å². The number of nitrogens with one attached hydrogen (secondary N) is 1. The van der Waals surface area contributed by atoms with Gasteiger partial charge in [-0.2, -0.15) is 0 Å². The predicted octanol–water partition coefficient (Wildman–Crippen LogP) is 2.53. The number of primary amides is 1. The maximum Gasteiger partial charge on any atom is 0.286 e. The lowest BCUT2D eigenvalue weighted by Crippen LogP contribution is -2.28. The average molecular weight is 393 g/mol. The fraction of sp³-hybridized carbons (Fsp3) is 0.190. The number of anilines is 2. The standard InChI is InChI=1S/C21H19N3O5/c1-28-14-6-4-5-13(10-14)24-11-12(9-17(24)25)21(27)23-18-15-7-2-3-8-16(15)29-19(18)20(22)26/h2-8,10,12H,9,11H2,1H3,(H2,22,26)(H,23,27)/t12-/m1/s1. The van der Waals surface area contributed by atoms with Crippen molar-refractivity contribution in [2.24, 2.45) is 11.7 Å². The minimum absolute atomic E-state index is 0.0602. The summed E-state index contributed by atoms with van der Waals surface area (Å²) in [5, 5.41) is 3.31. The fourth-order valence-electron chi connectivity index (χ4n) is 3.48. The van der Waals surface area contributed by atoms with E-state index in [1.54, 1.807) is 60.5 Å². The molecule has 1 aliphatic heterocycles. The Kier molecular flexibility index (Phi) is 4.67. The van der Waals surface area contributed by atoms with Crippen LogP contribution in [0, 0.1) is 5.92 Å². The summed E-state index contributed by atoms with van der Waals surface area (Å²) in [7, 11) is 1.55. The van der Waals surface area contributed by atoms with Gasteiger partial charge in [0.1, 0.15) is 17.0 Å². The summed E-state index contributed by atoms with van der Waals surface area (Å²) in [6, 6.07) is 14.0. The summed E-state index contributed by atoms with van der Waals surface area (Å²) in [4.78, 5) is 38.7. The molecule has 2 aromatic carbocycles. The van der Waals surface area contributed by atoms with Crippen LogP contribution in [0.5, 0.6) is 5.75 Å². The van der Waals surface area contributed by atoms with E-state index < -0.39 is 11.8 Å². The van der Waals surface area contributed by atoms with Gasteiger partial charge in [-0.1, -0.05) is 18.2 Å². The molecule has 4 rings (SSSR count). The molecule has 29 heavy (non-hydrogen) atoms. The van der Waals surface area contributed by atoms with E-state index in [1.807, 2.05) is 0 Å². The Hall–Kier alpha value is -3.81. The summed E-state index contributed by atoms with van der Waals surface area (Å²) in [5.74, 6) is -1.39. The molecule has 2 heterocycles. The van der Waals surface area contributed by atoms with Crippen LogP contribution in [-0.2, 0) is 9.59 Å². The summed E-state index contributed by atoms with van der Waals surface area (Å²) in [6.45, 7) is 0.222. The van der Waals surface area contributed by atoms with Crippen molar-refractivity contribution < 1.29 is 23.5 Å². The Morgan fingerprint density at radius 1 is 1.21 bits per heavy atom. The predicted molar refractivity (Wildman–Crippen MR) is 107 cm³/mol. The molecule has 3 aromatic rings. The van der Waals surface area contributed by atoms with Gasteiger partial charge in [0.2, 0.25) is 17.6 Å². The molecule has 8 heteroatoms. The molecule has 3 amide bonds. The zero-order valence-corrected chi connectivity index (χ0v) is 15.7. The lowest BCUT2D eigenvalue weighted by Gasteiger charge is -2.17. The number of amides is 3. The van der Waals surface area contributed by atoms with Crippen LogP contribution in [0.4, 0.5) is 11.4 Å². The summed E-state index contributed by atoms with van der Waals surface area (Å²) in [6.07, 6.45) is 0.0602. The molecule has 0 aliphatic carbocycles. The van der Waals surface area contributed by atoms with E-state index in [2.05, 4.69) is 5.32 Å². The van der Waals surface area contributed by atoms with Gasteiger partial charge < -0.3 is 25.1 Å². The highest BCUT2D eigenvalue weighted by Gasteiger charge is 2.36. The molecule has 1 fully saturated rings. The van der Waals surface area contributed by atoms with Crippen molar-refractivity contribution in [2.45, 2.75) is 6.42 Å². The van der Waals surface area contributed by atoms with E-state index in [4.69, 9.17) is 14.9 Å². The molecule has 1 aliphatic rings. The van der Waals surface area contributed by atoms with Crippen LogP contribution < -0.4 is 20.7 Å². The maximum absolute atomic E-state index is 12.9. The molecule has 0 unspecified atom stereocenters. The Balaban J connectivity index is 1.57. The number of para-hydroxylation sites is 1. The van der Waals surface area contributed by atoms with E-state index in [0.29, 0.717) is 22.4 Å². The van der Waals surface area contributed by atoms with Crippen LogP contribution in [0.25, 0.3) is 11.0 Å². The van der Waals surface area contributed by atoms with Crippen LogP contribution >= 0.6 is 0 Å². The van der Waals surface area contributed by atoms with Crippen molar-refractivity contribution in [1.82, 2.24) is 0 Å². The van der Waals surface area contributed by atoms with Crippen molar-refractivity contribution in [1.29, 1.82) is 0 Å². The highest BCUT2D eigenvalue weighted by molar-refractivity contribution is 6.12. The quantitative estimate of drug-likeness (QED) is 0.691. The Morgan fingerprint density at radius 2 is 2.00 bits per heavy atom. The molecule has 1 aromatic heterocycles. The summed E-state index contributed by atoms with van der Waals surface area (Å²) < 4.78 is 10.7. The van der Waals surface area contributed by atoms with Crippen LogP contribution in [-0.4, -0.2) is 31.4 Å². The van der Waals surface area contributed by atoms with Crippen molar-refractivity contribution in [3.8, 4) is 5.75 Å². The first kappa shape index (κ1) is 18.5. The maximum atomic E-state index is 12.9. The lowest BCUT2D eigenvalue weighted by molar-refractivity contribution is -0.122. The number of nitrogens with zero attached hydrogens (tertiary/aromatic N) is 1. The first-order valence-corrected chi connectivity index (χ1v) is 9.04. The lowest BCUT2D eigenvalue weighted by atomic mass is 10.1. The van der Waals surface area contributed by atoms with Crippen LogP contribution in [0.1, 0.15) is 17.0 Å². The van der Waals surface area contributed by atoms with Gasteiger partial charge in [-0.05, 0) is 24.3 Å². The average Bonchev–Trinajstić information content (AvgIpc) is 3.29. The number of carbonyl (C=O) groups is 3. The van der Waals surface area contributed by atoms with Gasteiger partial charge >= 0.3 is 0 Å². The summed E-state index contributed by atoms with van der Waals surface area (Å²) in [5.41, 5.74) is 6.73. The highest BCUT2D eigenvalue weighted by Crippen LogP contribution is 2.33. The monoisotopic (exact) mass is 393 g/mol. The van der Waals surface area contributed by atoms with Gasteiger partial charge in [0, 0.05) is 30.1 Å². The molecular weight excluding hydrogens is 374 g/mol. The van der Waals surface area contributed by atoms with Gasteiger partial charge in [0.15, 0.2) is 0 Å². The van der Waals surface area contributed by atoms with Crippen molar-refractivity contribution in [3.63, 3.8) is 0 Å². The van der Waals surface area contributed by atoms with Gasteiger partial charge in [0.25, 0.3) is 5.91 Å². The number of nitrogens with two attached hydrogens (primary N) is 1. The number of benzene rings is 2. The normalized spacial score (nSPS) is 16.2. The number of furan rings is 1. The first-order valence-electron chi connectivity index (χ1n) is 9.04. The van der Waals surface area contributed by atoms with Crippen LogP contribution in [0.3, 0.4) is 0 Å². The second-order valence-electron chi connectivity index (χ2n) is 6.76. The zero-order chi connectivity index (χ0) is 20.5. The number of ether oxygens (including phenoxy) is 1. The van der Waals surface area contributed by atoms with E-state index in [0.717, 1.165) is 0 Å². The smallest absolute Gasteiger partial charge is 0.286 e. The molecule has 1 atom stereocenters. The highest BCUT2D eigenvalue weighted by atomic mass is 16.5. The summed E-state index contributed by atoms with van der Waals surface area (Å²) >= 11 is 0. The van der Waals surface area contributed by atoms with E-state index >= 15 is 0 Å². The molecule has 0 radical (unpaired) electrons. The third-order valence-corrected chi connectivity index (χ3v) is 4.93. The number of rotatable bonds is 5. The first-order chi connectivity index (χ1) is 14.0. The fourth-order valence-corrected chi connectivity index (χ4v) is 3.48. The van der Waals surface area contributed by atoms with Crippen LogP contribution in [0.2, 0.25) is 0 Å². The molecule has 148 valence electrons. The number of methoxy groups -OCH3 is 1. The van der Waals surface area contributed by atoms with Gasteiger partial charge in [-0.25, -0.2) is 0 Å². The minimum Gasteiger partial charge on any atom is -0.497 e. The molecule has 0 spiro atoms. The van der Waals surface area contributed by atoms with Crippen molar-refractivity contribution >= 4 is 40.1 Å². The number of hydrogen-bond donors (Lipinski definition) is 2. The third kappa shape index (κ3) is 3.40. The third-order valence-electron chi connectivity index (χ3n) is 4.93. The van der Waals surface area contributed by atoms with E-state index in [-0.39, 0.29) is 36.2 Å². The zero-order valence-electron chi connectivity index (χ0n) is 15.7. The van der Waals surface area contributed by atoms with Gasteiger partial charge in [0.05, 0.1) is 13.0 Å². The number of hydrogen-bond acceptors (Lipinski definition) is 5. The molecule has 0 bridgehead atoms. The van der Waals surface area contributed by atoms with Crippen molar-refractivity contribution in [3.05, 3.63) is 54.3 Å². The molecule has 1 saturated heterocycles. The SMILES string of the molecule is COc1cccc(N2C[C@H](C(=O)Nc3c(C(N)=O)oc4ccccc34)CC2=O)c1.